The number of likely N-dealkylation sites (tertiary alicyclic amines) is 1. The Morgan fingerprint density at radius 1 is 1.19 bits per heavy atom. The second-order valence-corrected chi connectivity index (χ2v) is 5.27. The molecule has 2 nitrogen and oxygen atoms in total. The standard InChI is InChI=1S/C14H27NO/c1-5-8-11(4)14(16)15-9-12(6-2)13(7-3)10-15/h11-13H,5-10H2,1-4H3. The van der Waals surface area contributed by atoms with Crippen molar-refractivity contribution in [3.05, 3.63) is 0 Å². The van der Waals surface area contributed by atoms with Crippen LogP contribution in [-0.4, -0.2) is 23.9 Å². The third kappa shape index (κ3) is 2.99. The monoisotopic (exact) mass is 225 g/mol. The molecule has 1 aliphatic rings. The zero-order chi connectivity index (χ0) is 12.1. The summed E-state index contributed by atoms with van der Waals surface area (Å²) in [6.45, 7) is 10.7. The number of amides is 1. The normalized spacial score (nSPS) is 27.1. The summed E-state index contributed by atoms with van der Waals surface area (Å²) in [6.07, 6.45) is 4.56. The second-order valence-electron chi connectivity index (χ2n) is 5.27. The molecule has 0 aliphatic carbocycles. The van der Waals surface area contributed by atoms with Gasteiger partial charge in [-0.3, -0.25) is 4.79 Å². The summed E-state index contributed by atoms with van der Waals surface area (Å²) in [4.78, 5) is 14.3. The average molecular weight is 225 g/mol. The summed E-state index contributed by atoms with van der Waals surface area (Å²) in [7, 11) is 0. The highest BCUT2D eigenvalue weighted by atomic mass is 16.2. The van der Waals surface area contributed by atoms with E-state index in [4.69, 9.17) is 0 Å². The van der Waals surface area contributed by atoms with E-state index in [-0.39, 0.29) is 5.92 Å². The molecule has 16 heavy (non-hydrogen) atoms. The van der Waals surface area contributed by atoms with Crippen LogP contribution in [0.2, 0.25) is 0 Å². The quantitative estimate of drug-likeness (QED) is 0.703. The van der Waals surface area contributed by atoms with E-state index in [0.29, 0.717) is 5.91 Å². The molecule has 1 saturated heterocycles. The van der Waals surface area contributed by atoms with Crippen molar-refractivity contribution in [2.75, 3.05) is 13.1 Å². The van der Waals surface area contributed by atoms with Crippen LogP contribution in [0.25, 0.3) is 0 Å². The number of hydrogen-bond donors (Lipinski definition) is 0. The minimum absolute atomic E-state index is 0.220. The summed E-state index contributed by atoms with van der Waals surface area (Å²) < 4.78 is 0. The lowest BCUT2D eigenvalue weighted by Gasteiger charge is -2.20. The predicted molar refractivity (Wildman–Crippen MR) is 68.2 cm³/mol. The van der Waals surface area contributed by atoms with Crippen molar-refractivity contribution in [3.63, 3.8) is 0 Å². The van der Waals surface area contributed by atoms with Gasteiger partial charge in [-0.05, 0) is 18.3 Å². The molecular weight excluding hydrogens is 198 g/mol. The van der Waals surface area contributed by atoms with Crippen LogP contribution < -0.4 is 0 Å². The van der Waals surface area contributed by atoms with Crippen LogP contribution in [0.4, 0.5) is 0 Å². The van der Waals surface area contributed by atoms with E-state index in [0.717, 1.165) is 37.8 Å². The molecule has 2 heteroatoms. The van der Waals surface area contributed by atoms with Crippen LogP contribution in [-0.2, 0) is 4.79 Å². The van der Waals surface area contributed by atoms with E-state index < -0.39 is 0 Å². The minimum atomic E-state index is 0.220. The molecule has 0 bridgehead atoms. The van der Waals surface area contributed by atoms with Crippen molar-refractivity contribution in [1.82, 2.24) is 4.90 Å². The molecule has 0 aromatic carbocycles. The summed E-state index contributed by atoms with van der Waals surface area (Å²) in [6, 6.07) is 0. The summed E-state index contributed by atoms with van der Waals surface area (Å²) in [5.74, 6) is 2.08. The Bertz CT molecular complexity index is 215. The summed E-state index contributed by atoms with van der Waals surface area (Å²) in [5, 5.41) is 0. The van der Waals surface area contributed by atoms with E-state index >= 15 is 0 Å². The molecule has 0 saturated carbocycles. The average Bonchev–Trinajstić information content (AvgIpc) is 2.71. The van der Waals surface area contributed by atoms with Gasteiger partial charge in [-0.15, -0.1) is 0 Å². The fourth-order valence-corrected chi connectivity index (χ4v) is 2.91. The predicted octanol–water partition coefficient (Wildman–Crippen LogP) is 3.32. The molecule has 3 unspecified atom stereocenters. The molecule has 1 rings (SSSR count). The van der Waals surface area contributed by atoms with Gasteiger partial charge < -0.3 is 4.90 Å². The number of nitrogens with zero attached hydrogens (tertiary/aromatic N) is 1. The first-order chi connectivity index (χ1) is 7.63. The summed E-state index contributed by atoms with van der Waals surface area (Å²) in [5.41, 5.74) is 0. The Hall–Kier alpha value is -0.530. The van der Waals surface area contributed by atoms with Crippen molar-refractivity contribution in [1.29, 1.82) is 0 Å². The van der Waals surface area contributed by atoms with Gasteiger partial charge in [0, 0.05) is 19.0 Å². The third-order valence-corrected chi connectivity index (χ3v) is 4.08. The highest BCUT2D eigenvalue weighted by Gasteiger charge is 2.34. The molecule has 1 fully saturated rings. The van der Waals surface area contributed by atoms with Crippen LogP contribution >= 0.6 is 0 Å². The lowest BCUT2D eigenvalue weighted by Crippen LogP contribution is -2.33. The number of carbonyl (C=O) groups is 1. The number of rotatable bonds is 5. The topological polar surface area (TPSA) is 20.3 Å². The van der Waals surface area contributed by atoms with E-state index in [1.807, 2.05) is 0 Å². The van der Waals surface area contributed by atoms with E-state index in [1.165, 1.54) is 12.8 Å². The minimum Gasteiger partial charge on any atom is -0.342 e. The Kier molecular flexibility index (Phi) is 5.30. The van der Waals surface area contributed by atoms with Gasteiger partial charge in [-0.2, -0.15) is 0 Å². The molecule has 94 valence electrons. The largest absolute Gasteiger partial charge is 0.342 e. The van der Waals surface area contributed by atoms with Crippen molar-refractivity contribution in [2.24, 2.45) is 17.8 Å². The smallest absolute Gasteiger partial charge is 0.225 e. The zero-order valence-electron chi connectivity index (χ0n) is 11.3. The van der Waals surface area contributed by atoms with E-state index in [2.05, 4.69) is 32.6 Å². The first-order valence-electron chi connectivity index (χ1n) is 6.92. The highest BCUT2D eigenvalue weighted by Crippen LogP contribution is 2.29. The fourth-order valence-electron chi connectivity index (χ4n) is 2.91. The van der Waals surface area contributed by atoms with Gasteiger partial charge in [-0.1, -0.05) is 47.0 Å². The Balaban J connectivity index is 2.53. The van der Waals surface area contributed by atoms with Gasteiger partial charge in [-0.25, -0.2) is 0 Å². The highest BCUT2D eigenvalue weighted by molar-refractivity contribution is 5.78. The molecule has 1 heterocycles. The first kappa shape index (κ1) is 13.5. The molecule has 0 N–H and O–H groups in total. The van der Waals surface area contributed by atoms with Gasteiger partial charge in [0.1, 0.15) is 0 Å². The van der Waals surface area contributed by atoms with E-state index in [9.17, 15) is 4.79 Å². The molecule has 0 aromatic rings. The SMILES string of the molecule is CCCC(C)C(=O)N1CC(CC)C(CC)C1. The maximum atomic E-state index is 12.2. The van der Waals surface area contributed by atoms with Crippen molar-refractivity contribution < 1.29 is 4.79 Å². The van der Waals surface area contributed by atoms with Gasteiger partial charge in [0.2, 0.25) is 5.91 Å². The molecule has 0 aromatic heterocycles. The molecule has 0 radical (unpaired) electrons. The van der Waals surface area contributed by atoms with Gasteiger partial charge in [0.25, 0.3) is 0 Å². The van der Waals surface area contributed by atoms with Crippen molar-refractivity contribution in [3.8, 4) is 0 Å². The van der Waals surface area contributed by atoms with E-state index in [1.54, 1.807) is 0 Å². The van der Waals surface area contributed by atoms with Crippen molar-refractivity contribution >= 4 is 5.91 Å². The Morgan fingerprint density at radius 2 is 1.69 bits per heavy atom. The van der Waals surface area contributed by atoms with Crippen LogP contribution in [0.5, 0.6) is 0 Å². The first-order valence-corrected chi connectivity index (χ1v) is 6.92. The molecule has 3 atom stereocenters. The number of carbonyl (C=O) groups excluding carboxylic acids is 1. The molecule has 1 aliphatic heterocycles. The Morgan fingerprint density at radius 3 is 2.06 bits per heavy atom. The van der Waals surface area contributed by atoms with Crippen LogP contribution in [0, 0.1) is 17.8 Å². The second kappa shape index (κ2) is 6.27. The molecule has 1 amide bonds. The fraction of sp³-hybridized carbons (Fsp3) is 0.929. The van der Waals surface area contributed by atoms with Crippen molar-refractivity contribution in [2.45, 2.75) is 53.4 Å². The zero-order valence-corrected chi connectivity index (χ0v) is 11.3. The summed E-state index contributed by atoms with van der Waals surface area (Å²) >= 11 is 0. The Labute approximate surface area is 100 Å². The number of hydrogen-bond acceptors (Lipinski definition) is 1. The molecular formula is C14H27NO. The lowest BCUT2D eigenvalue weighted by molar-refractivity contribution is -0.134. The third-order valence-electron chi connectivity index (χ3n) is 4.08. The van der Waals surface area contributed by atoms with Gasteiger partial charge in [0.05, 0.1) is 0 Å². The van der Waals surface area contributed by atoms with Gasteiger partial charge in [0.15, 0.2) is 0 Å². The molecule has 0 spiro atoms. The van der Waals surface area contributed by atoms with Crippen LogP contribution in [0.3, 0.4) is 0 Å². The van der Waals surface area contributed by atoms with Crippen LogP contribution in [0.1, 0.15) is 53.4 Å². The van der Waals surface area contributed by atoms with Crippen LogP contribution in [0.15, 0.2) is 0 Å². The lowest BCUT2D eigenvalue weighted by atomic mass is 9.92. The maximum Gasteiger partial charge on any atom is 0.225 e. The van der Waals surface area contributed by atoms with Gasteiger partial charge >= 0.3 is 0 Å². The maximum absolute atomic E-state index is 12.2.